The van der Waals surface area contributed by atoms with Gasteiger partial charge in [-0.25, -0.2) is 4.57 Å². The van der Waals surface area contributed by atoms with Crippen molar-refractivity contribution in [1.82, 2.24) is 0 Å². The molecule has 0 unspecified atom stereocenters. The van der Waals surface area contributed by atoms with E-state index in [1.54, 1.807) is 0 Å². The number of benzene rings is 2. The van der Waals surface area contributed by atoms with Crippen molar-refractivity contribution in [3.63, 3.8) is 0 Å². The van der Waals surface area contributed by atoms with Crippen molar-refractivity contribution in [2.75, 3.05) is 0 Å². The van der Waals surface area contributed by atoms with E-state index in [0.29, 0.717) is 0 Å². The van der Waals surface area contributed by atoms with Crippen LogP contribution in [0.1, 0.15) is 63.5 Å². The summed E-state index contributed by atoms with van der Waals surface area (Å²) >= 11 is 0. The minimum atomic E-state index is -0.555. The summed E-state index contributed by atoms with van der Waals surface area (Å²) in [5, 5.41) is 1.84. The van der Waals surface area contributed by atoms with Crippen LogP contribution in [0.5, 0.6) is 0 Å². The van der Waals surface area contributed by atoms with Crippen molar-refractivity contribution < 1.29 is 8.68 Å². The molecule has 0 atom stereocenters. The second kappa shape index (κ2) is 6.54. The van der Waals surface area contributed by atoms with Gasteiger partial charge in [0, 0.05) is 7.41 Å². The van der Waals surface area contributed by atoms with E-state index in [1.165, 1.54) is 16.7 Å². The van der Waals surface area contributed by atoms with E-state index in [4.69, 9.17) is 4.11 Å². The molecule has 1 saturated carbocycles. The first-order valence-corrected chi connectivity index (χ1v) is 9.67. The molecule has 1 fully saturated rings. The standard InChI is InChI=1S/C25H30N/c1-16-14-17(2)18(3)24(15-16)25-23-11-10-21(20-8-6-7-9-20)19(4)22(23)12-13-26(25)5/h10-15,20H,6-9H2,1-5H3/q+1/i12D,13D,20D. The third-order valence-corrected chi connectivity index (χ3v) is 6.06. The third kappa shape index (κ3) is 2.74. The second-order valence-corrected chi connectivity index (χ2v) is 7.87. The maximum absolute atomic E-state index is 9.00. The topological polar surface area (TPSA) is 3.88 Å². The van der Waals surface area contributed by atoms with Crippen molar-refractivity contribution in [2.45, 2.75) is 59.3 Å². The molecule has 134 valence electrons. The summed E-state index contributed by atoms with van der Waals surface area (Å²) < 4.78 is 28.2. The maximum Gasteiger partial charge on any atom is 0.220 e. The predicted octanol–water partition coefficient (Wildman–Crippen LogP) is 6.22. The first kappa shape index (κ1) is 14.0. The zero-order valence-electron chi connectivity index (χ0n) is 19.6. The molecule has 1 aromatic heterocycles. The SMILES string of the molecule is [2H]c1c([2H])[n+](C)c(-c2cc(C)cc(C)c2C)c2ccc(C3([2H])CCCC3)c(C)c12. The van der Waals surface area contributed by atoms with Crippen LogP contribution in [-0.4, -0.2) is 0 Å². The molecule has 0 saturated heterocycles. The average Bonchev–Trinajstić information content (AvgIpc) is 3.11. The summed E-state index contributed by atoms with van der Waals surface area (Å²) in [6, 6.07) is 8.84. The van der Waals surface area contributed by atoms with Gasteiger partial charge in [-0.1, -0.05) is 30.5 Å². The normalized spacial score (nSPS) is 18.0. The van der Waals surface area contributed by atoms with Gasteiger partial charge >= 0.3 is 0 Å². The number of rotatable bonds is 2. The summed E-state index contributed by atoms with van der Waals surface area (Å²) in [5.74, 6) is -0.555. The van der Waals surface area contributed by atoms with Gasteiger partial charge in [-0.05, 0) is 86.2 Å². The van der Waals surface area contributed by atoms with Crippen molar-refractivity contribution in [2.24, 2.45) is 7.05 Å². The highest BCUT2D eigenvalue weighted by molar-refractivity contribution is 5.96. The van der Waals surface area contributed by atoms with E-state index in [9.17, 15) is 0 Å². The Hall–Kier alpha value is -2.15. The Kier molecular flexibility index (Phi) is 3.51. The lowest BCUT2D eigenvalue weighted by Crippen LogP contribution is -2.31. The van der Waals surface area contributed by atoms with Gasteiger partial charge in [-0.3, -0.25) is 0 Å². The molecule has 0 N–H and O–H groups in total. The van der Waals surface area contributed by atoms with Crippen LogP contribution in [0.4, 0.5) is 0 Å². The van der Waals surface area contributed by atoms with Crippen molar-refractivity contribution in [3.05, 3.63) is 64.3 Å². The van der Waals surface area contributed by atoms with E-state index in [-0.39, 0.29) is 12.2 Å². The fourth-order valence-electron chi connectivity index (χ4n) is 4.51. The average molecular weight is 348 g/mol. The molecule has 3 aromatic rings. The van der Waals surface area contributed by atoms with Gasteiger partial charge in [0.2, 0.25) is 5.69 Å². The van der Waals surface area contributed by atoms with Gasteiger partial charge in [0.1, 0.15) is 8.42 Å². The van der Waals surface area contributed by atoms with Crippen LogP contribution in [0.2, 0.25) is 0 Å². The van der Waals surface area contributed by atoms with Crippen LogP contribution < -0.4 is 4.57 Å². The molecule has 1 aliphatic carbocycles. The van der Waals surface area contributed by atoms with Gasteiger partial charge < -0.3 is 0 Å². The molecule has 26 heavy (non-hydrogen) atoms. The highest BCUT2D eigenvalue weighted by atomic mass is 14.9. The number of hydrogen-bond acceptors (Lipinski definition) is 0. The summed E-state index contributed by atoms with van der Waals surface area (Å²) in [4.78, 5) is 0. The smallest absolute Gasteiger partial charge is 0.200 e. The van der Waals surface area contributed by atoms with E-state index in [2.05, 4.69) is 45.0 Å². The van der Waals surface area contributed by atoms with Gasteiger partial charge in [0.15, 0.2) is 6.17 Å². The first-order valence-electron chi connectivity index (χ1n) is 11.2. The lowest BCUT2D eigenvalue weighted by atomic mass is 9.88. The Morgan fingerprint density at radius 3 is 2.46 bits per heavy atom. The van der Waals surface area contributed by atoms with E-state index >= 15 is 0 Å². The Labute approximate surface area is 161 Å². The molecule has 4 rings (SSSR count). The molecule has 1 heterocycles. The van der Waals surface area contributed by atoms with Crippen LogP contribution in [0.25, 0.3) is 22.0 Å². The van der Waals surface area contributed by atoms with Crippen LogP contribution in [-0.2, 0) is 7.05 Å². The van der Waals surface area contributed by atoms with E-state index in [0.717, 1.165) is 58.8 Å². The van der Waals surface area contributed by atoms with Crippen molar-refractivity contribution in [1.29, 1.82) is 0 Å². The Morgan fingerprint density at radius 1 is 1.00 bits per heavy atom. The summed E-state index contributed by atoms with van der Waals surface area (Å²) in [7, 11) is 1.89. The molecule has 1 aliphatic rings. The second-order valence-electron chi connectivity index (χ2n) is 7.87. The van der Waals surface area contributed by atoms with Crippen LogP contribution in [0.3, 0.4) is 0 Å². The molecule has 1 nitrogen and oxygen atoms in total. The molecule has 0 bridgehead atoms. The quantitative estimate of drug-likeness (QED) is 0.484. The number of pyridine rings is 1. The zero-order chi connectivity index (χ0) is 21.1. The fourth-order valence-corrected chi connectivity index (χ4v) is 4.51. The zero-order valence-corrected chi connectivity index (χ0v) is 16.6. The highest BCUT2D eigenvalue weighted by Gasteiger charge is 2.23. The van der Waals surface area contributed by atoms with Crippen LogP contribution >= 0.6 is 0 Å². The third-order valence-electron chi connectivity index (χ3n) is 6.06. The van der Waals surface area contributed by atoms with E-state index < -0.39 is 5.89 Å². The fraction of sp³-hybridized carbons (Fsp3) is 0.400. The van der Waals surface area contributed by atoms with Gasteiger partial charge in [0.25, 0.3) is 0 Å². The molecular formula is C25H30N+. The molecule has 0 aliphatic heterocycles. The molecular weight excluding hydrogens is 314 g/mol. The lowest BCUT2D eigenvalue weighted by molar-refractivity contribution is -0.659. The number of hydrogen-bond donors (Lipinski definition) is 0. The number of aryl methyl sites for hydroxylation is 3. The van der Waals surface area contributed by atoms with Crippen molar-refractivity contribution in [3.8, 4) is 11.3 Å². The van der Waals surface area contributed by atoms with Gasteiger partial charge in [-0.2, -0.15) is 0 Å². The largest absolute Gasteiger partial charge is 0.220 e. The van der Waals surface area contributed by atoms with Crippen LogP contribution in [0, 0.1) is 27.7 Å². The number of fused-ring (bicyclic) bond motifs is 1. The number of aromatic nitrogens is 1. The highest BCUT2D eigenvalue weighted by Crippen LogP contribution is 2.39. The predicted molar refractivity (Wildman–Crippen MR) is 111 cm³/mol. The molecule has 0 spiro atoms. The Balaban J connectivity index is 2.11. The molecule has 2 aromatic carbocycles. The Morgan fingerprint density at radius 2 is 1.73 bits per heavy atom. The molecule has 1 heteroatoms. The summed E-state index contributed by atoms with van der Waals surface area (Å²) in [5.41, 5.74) is 7.79. The van der Waals surface area contributed by atoms with Crippen molar-refractivity contribution >= 4 is 10.8 Å². The molecule has 0 amide bonds. The maximum atomic E-state index is 9.00. The van der Waals surface area contributed by atoms with Gasteiger partial charge in [0.05, 0.1) is 12.3 Å². The summed E-state index contributed by atoms with van der Waals surface area (Å²) in [6.07, 6.45) is 4.16. The van der Waals surface area contributed by atoms with E-state index in [1.807, 2.05) is 18.5 Å². The monoisotopic (exact) mass is 347 g/mol. The van der Waals surface area contributed by atoms with Crippen LogP contribution in [0.15, 0.2) is 36.5 Å². The minimum absolute atomic E-state index is 0.219. The first-order chi connectivity index (χ1) is 13.7. The number of nitrogens with zero attached hydrogens (tertiary/aromatic N) is 1. The minimum Gasteiger partial charge on any atom is -0.200 e. The molecule has 0 radical (unpaired) electrons. The Bertz CT molecular complexity index is 1140. The lowest BCUT2D eigenvalue weighted by Gasteiger charge is -2.17. The summed E-state index contributed by atoms with van der Waals surface area (Å²) in [6.45, 7) is 8.41. The van der Waals surface area contributed by atoms with Gasteiger partial charge in [-0.15, -0.1) is 0 Å².